The van der Waals surface area contributed by atoms with Crippen LogP contribution >= 0.6 is 0 Å². The maximum Gasteiger partial charge on any atom is 0.307 e. The molecule has 2 atom stereocenters. The van der Waals surface area contributed by atoms with Crippen molar-refractivity contribution in [2.45, 2.75) is 27.2 Å². The number of hydrogen-bond donors (Lipinski definition) is 1. The van der Waals surface area contributed by atoms with Gasteiger partial charge in [0.15, 0.2) is 0 Å². The summed E-state index contributed by atoms with van der Waals surface area (Å²) in [6.07, 6.45) is 0.126. The van der Waals surface area contributed by atoms with Crippen LogP contribution in [0.1, 0.15) is 27.2 Å². The van der Waals surface area contributed by atoms with E-state index in [2.05, 4.69) is 0 Å². The molecule has 1 N–H and O–H groups in total. The smallest absolute Gasteiger partial charge is 0.307 e. The van der Waals surface area contributed by atoms with Crippen LogP contribution in [0.2, 0.25) is 0 Å². The van der Waals surface area contributed by atoms with Gasteiger partial charge in [-0.3, -0.25) is 14.4 Å². The highest BCUT2D eigenvalue weighted by molar-refractivity contribution is 5.91. The SMILES string of the molecule is CCOC(=O)CCN(C)C(=O)[C@H]1[C@@H](C(=O)O)C1(C)C. The molecule has 1 fully saturated rings. The van der Waals surface area contributed by atoms with Crippen molar-refractivity contribution in [1.82, 2.24) is 4.90 Å². The molecule has 1 rings (SSSR count). The van der Waals surface area contributed by atoms with Crippen LogP contribution in [0.15, 0.2) is 0 Å². The number of esters is 1. The number of carbonyl (C=O) groups is 3. The van der Waals surface area contributed by atoms with E-state index in [0.717, 1.165) is 0 Å². The Balaban J connectivity index is 2.50. The fraction of sp³-hybridized carbons (Fsp3) is 0.769. The number of ether oxygens (including phenoxy) is 1. The van der Waals surface area contributed by atoms with Crippen LogP contribution in [0, 0.1) is 17.3 Å². The number of carbonyl (C=O) groups excluding carboxylic acids is 2. The summed E-state index contributed by atoms with van der Waals surface area (Å²) in [5.41, 5.74) is -0.513. The lowest BCUT2D eigenvalue weighted by molar-refractivity contribution is -0.145. The average molecular weight is 271 g/mol. The molecule has 0 aromatic heterocycles. The first-order valence-corrected chi connectivity index (χ1v) is 6.36. The molecule has 0 radical (unpaired) electrons. The Morgan fingerprint density at radius 3 is 2.26 bits per heavy atom. The summed E-state index contributed by atoms with van der Waals surface area (Å²) < 4.78 is 4.78. The lowest BCUT2D eigenvalue weighted by atomic mass is 10.1. The second kappa shape index (κ2) is 5.59. The molecule has 1 saturated carbocycles. The highest BCUT2D eigenvalue weighted by Gasteiger charge is 2.66. The second-order valence-corrected chi connectivity index (χ2v) is 5.43. The average Bonchev–Trinajstić information content (AvgIpc) is 2.88. The van der Waals surface area contributed by atoms with Gasteiger partial charge in [-0.1, -0.05) is 13.8 Å². The summed E-state index contributed by atoms with van der Waals surface area (Å²) in [5.74, 6) is -2.65. The summed E-state index contributed by atoms with van der Waals surface area (Å²) >= 11 is 0. The topological polar surface area (TPSA) is 83.9 Å². The van der Waals surface area contributed by atoms with Crippen molar-refractivity contribution in [2.24, 2.45) is 17.3 Å². The number of carboxylic acids is 1. The standard InChI is InChI=1S/C13H21NO5/c1-5-19-8(15)6-7-14(4)11(16)9-10(12(17)18)13(9,2)3/h9-10H,5-7H2,1-4H3,(H,17,18)/t9-,10+/m1/s1. The molecule has 0 unspecified atom stereocenters. The Hall–Kier alpha value is -1.59. The van der Waals surface area contributed by atoms with E-state index in [9.17, 15) is 14.4 Å². The van der Waals surface area contributed by atoms with Crippen molar-refractivity contribution in [3.63, 3.8) is 0 Å². The van der Waals surface area contributed by atoms with Crippen LogP contribution in [0.25, 0.3) is 0 Å². The van der Waals surface area contributed by atoms with Crippen molar-refractivity contribution < 1.29 is 24.2 Å². The van der Waals surface area contributed by atoms with Gasteiger partial charge < -0.3 is 14.7 Å². The predicted molar refractivity (Wildman–Crippen MR) is 67.3 cm³/mol. The van der Waals surface area contributed by atoms with Crippen LogP contribution < -0.4 is 0 Å². The molecule has 108 valence electrons. The minimum Gasteiger partial charge on any atom is -0.481 e. The van der Waals surface area contributed by atoms with E-state index in [1.54, 1.807) is 27.8 Å². The molecule has 6 heteroatoms. The minimum absolute atomic E-state index is 0.126. The molecular weight excluding hydrogens is 250 g/mol. The Labute approximate surface area is 112 Å². The molecule has 0 saturated heterocycles. The maximum atomic E-state index is 12.1. The number of aliphatic carboxylic acids is 1. The van der Waals surface area contributed by atoms with E-state index in [0.29, 0.717) is 6.61 Å². The molecular formula is C13H21NO5. The summed E-state index contributed by atoms with van der Waals surface area (Å²) in [4.78, 5) is 35.7. The van der Waals surface area contributed by atoms with Crippen molar-refractivity contribution in [3.8, 4) is 0 Å². The molecule has 1 amide bonds. The molecule has 0 aliphatic heterocycles. The van der Waals surface area contributed by atoms with Gasteiger partial charge in [-0.05, 0) is 12.3 Å². The van der Waals surface area contributed by atoms with Gasteiger partial charge in [0.05, 0.1) is 24.9 Å². The lowest BCUT2D eigenvalue weighted by Gasteiger charge is -2.17. The van der Waals surface area contributed by atoms with Crippen LogP contribution in [0.5, 0.6) is 0 Å². The molecule has 1 aliphatic rings. The first kappa shape index (κ1) is 15.5. The number of amides is 1. The highest BCUT2D eigenvalue weighted by Crippen LogP contribution is 2.58. The zero-order valence-corrected chi connectivity index (χ0v) is 11.8. The highest BCUT2D eigenvalue weighted by atomic mass is 16.5. The Bertz CT molecular complexity index is 390. The molecule has 6 nitrogen and oxygen atoms in total. The third-order valence-corrected chi connectivity index (χ3v) is 3.69. The van der Waals surface area contributed by atoms with Gasteiger partial charge in [-0.2, -0.15) is 0 Å². The van der Waals surface area contributed by atoms with E-state index >= 15 is 0 Å². The van der Waals surface area contributed by atoms with Gasteiger partial charge in [0.1, 0.15) is 0 Å². The number of carboxylic acid groups (broad SMARTS) is 1. The summed E-state index contributed by atoms with van der Waals surface area (Å²) in [6.45, 7) is 5.82. The fourth-order valence-electron chi connectivity index (χ4n) is 2.40. The van der Waals surface area contributed by atoms with Crippen LogP contribution in [0.3, 0.4) is 0 Å². The predicted octanol–water partition coefficient (Wildman–Crippen LogP) is 0.755. The van der Waals surface area contributed by atoms with Gasteiger partial charge in [0.2, 0.25) is 5.91 Å². The van der Waals surface area contributed by atoms with Crippen molar-refractivity contribution in [1.29, 1.82) is 0 Å². The number of hydrogen-bond acceptors (Lipinski definition) is 4. The zero-order chi connectivity index (χ0) is 14.8. The monoisotopic (exact) mass is 271 g/mol. The van der Waals surface area contributed by atoms with Crippen LogP contribution in [-0.2, 0) is 19.1 Å². The van der Waals surface area contributed by atoms with Gasteiger partial charge >= 0.3 is 11.9 Å². The summed E-state index contributed by atoms with van der Waals surface area (Å²) in [7, 11) is 1.58. The van der Waals surface area contributed by atoms with E-state index in [1.165, 1.54) is 4.90 Å². The van der Waals surface area contributed by atoms with Gasteiger partial charge in [0, 0.05) is 13.6 Å². The van der Waals surface area contributed by atoms with E-state index in [1.807, 2.05) is 0 Å². The van der Waals surface area contributed by atoms with Crippen molar-refractivity contribution in [2.75, 3.05) is 20.2 Å². The molecule has 19 heavy (non-hydrogen) atoms. The molecule has 0 bridgehead atoms. The fourth-order valence-corrected chi connectivity index (χ4v) is 2.40. The molecule has 0 heterocycles. The largest absolute Gasteiger partial charge is 0.481 e. The normalized spacial score (nSPS) is 23.6. The lowest BCUT2D eigenvalue weighted by Crippen LogP contribution is -2.32. The Kier molecular flexibility index (Phi) is 4.55. The first-order chi connectivity index (χ1) is 8.73. The van der Waals surface area contributed by atoms with E-state index in [-0.39, 0.29) is 24.8 Å². The number of nitrogens with zero attached hydrogens (tertiary/aromatic N) is 1. The summed E-state index contributed by atoms with van der Waals surface area (Å²) in [6, 6.07) is 0. The van der Waals surface area contributed by atoms with Gasteiger partial charge in [0.25, 0.3) is 0 Å². The second-order valence-electron chi connectivity index (χ2n) is 5.43. The molecule has 0 aromatic rings. The third-order valence-electron chi connectivity index (χ3n) is 3.69. The molecule has 1 aliphatic carbocycles. The van der Waals surface area contributed by atoms with E-state index in [4.69, 9.17) is 9.84 Å². The molecule has 0 aromatic carbocycles. The quantitative estimate of drug-likeness (QED) is 0.721. The summed E-state index contributed by atoms with van der Waals surface area (Å²) in [5, 5.41) is 9.03. The number of rotatable bonds is 6. The third kappa shape index (κ3) is 3.24. The van der Waals surface area contributed by atoms with Crippen LogP contribution in [-0.4, -0.2) is 48.1 Å². The first-order valence-electron chi connectivity index (χ1n) is 6.36. The Morgan fingerprint density at radius 1 is 1.26 bits per heavy atom. The minimum atomic E-state index is -0.942. The van der Waals surface area contributed by atoms with Gasteiger partial charge in [-0.15, -0.1) is 0 Å². The Morgan fingerprint density at radius 2 is 1.84 bits per heavy atom. The van der Waals surface area contributed by atoms with Crippen molar-refractivity contribution >= 4 is 17.8 Å². The maximum absolute atomic E-state index is 12.1. The zero-order valence-electron chi connectivity index (χ0n) is 11.8. The van der Waals surface area contributed by atoms with Gasteiger partial charge in [-0.25, -0.2) is 0 Å². The van der Waals surface area contributed by atoms with E-state index < -0.39 is 23.2 Å². The van der Waals surface area contributed by atoms with Crippen molar-refractivity contribution in [3.05, 3.63) is 0 Å². The molecule has 0 spiro atoms. The van der Waals surface area contributed by atoms with Crippen LogP contribution in [0.4, 0.5) is 0 Å².